The second-order valence-corrected chi connectivity index (χ2v) is 4.44. The third-order valence-corrected chi connectivity index (χ3v) is 2.79. The molecule has 2 nitrogen and oxygen atoms in total. The number of unbranched alkanes of at least 4 members (excludes halogenated alkanes) is 1. The molecule has 0 aliphatic heterocycles. The van der Waals surface area contributed by atoms with Gasteiger partial charge < -0.3 is 5.32 Å². The highest BCUT2D eigenvalue weighted by molar-refractivity contribution is 4.68. The lowest BCUT2D eigenvalue weighted by Gasteiger charge is -2.28. The molecule has 0 fully saturated rings. The number of rotatable bonds is 10. The van der Waals surface area contributed by atoms with E-state index in [1.165, 1.54) is 45.3 Å². The van der Waals surface area contributed by atoms with E-state index in [9.17, 15) is 0 Å². The standard InChI is InChI=1S/C13H30N2/c1-5-8-9-14-12-13(4)15(10-6-2)11-7-3/h13-14H,5-12H2,1-4H3. The highest BCUT2D eigenvalue weighted by atomic mass is 15.2. The summed E-state index contributed by atoms with van der Waals surface area (Å²) in [4.78, 5) is 2.60. The maximum atomic E-state index is 3.54. The summed E-state index contributed by atoms with van der Waals surface area (Å²) >= 11 is 0. The number of nitrogens with one attached hydrogen (secondary N) is 1. The Morgan fingerprint density at radius 3 is 2.07 bits per heavy atom. The Morgan fingerprint density at radius 1 is 1.00 bits per heavy atom. The van der Waals surface area contributed by atoms with Crippen molar-refractivity contribution < 1.29 is 0 Å². The van der Waals surface area contributed by atoms with Crippen molar-refractivity contribution in [3.63, 3.8) is 0 Å². The molecule has 0 radical (unpaired) electrons. The van der Waals surface area contributed by atoms with Crippen molar-refractivity contribution in [3.8, 4) is 0 Å². The smallest absolute Gasteiger partial charge is 0.0192 e. The van der Waals surface area contributed by atoms with Crippen molar-refractivity contribution in [2.45, 2.75) is 59.4 Å². The number of hydrogen-bond donors (Lipinski definition) is 1. The Hall–Kier alpha value is -0.0800. The van der Waals surface area contributed by atoms with E-state index < -0.39 is 0 Å². The summed E-state index contributed by atoms with van der Waals surface area (Å²) in [6.07, 6.45) is 5.11. The number of hydrogen-bond acceptors (Lipinski definition) is 2. The van der Waals surface area contributed by atoms with Crippen LogP contribution in [0.1, 0.15) is 53.4 Å². The third kappa shape index (κ3) is 7.80. The molecule has 0 aromatic carbocycles. The molecular weight excluding hydrogens is 184 g/mol. The van der Waals surface area contributed by atoms with Crippen LogP contribution in [0, 0.1) is 0 Å². The van der Waals surface area contributed by atoms with Gasteiger partial charge in [0.2, 0.25) is 0 Å². The fourth-order valence-electron chi connectivity index (χ4n) is 1.87. The minimum absolute atomic E-state index is 0.682. The predicted molar refractivity (Wildman–Crippen MR) is 69.4 cm³/mol. The first-order chi connectivity index (χ1) is 7.26. The van der Waals surface area contributed by atoms with Crippen molar-refractivity contribution in [1.82, 2.24) is 10.2 Å². The molecule has 0 saturated carbocycles. The van der Waals surface area contributed by atoms with Crippen molar-refractivity contribution in [2.24, 2.45) is 0 Å². The number of nitrogens with zero attached hydrogens (tertiary/aromatic N) is 1. The van der Waals surface area contributed by atoms with Gasteiger partial charge in [-0.1, -0.05) is 27.2 Å². The van der Waals surface area contributed by atoms with Gasteiger partial charge in [0.05, 0.1) is 0 Å². The lowest BCUT2D eigenvalue weighted by Crippen LogP contribution is -2.41. The van der Waals surface area contributed by atoms with Gasteiger partial charge in [0.15, 0.2) is 0 Å². The van der Waals surface area contributed by atoms with Crippen molar-refractivity contribution in [1.29, 1.82) is 0 Å². The van der Waals surface area contributed by atoms with Crippen LogP contribution in [0.5, 0.6) is 0 Å². The first-order valence-electron chi connectivity index (χ1n) is 6.70. The molecule has 0 bridgehead atoms. The normalized spacial score (nSPS) is 13.4. The molecule has 0 amide bonds. The van der Waals surface area contributed by atoms with Crippen LogP contribution in [0.2, 0.25) is 0 Å². The third-order valence-electron chi connectivity index (χ3n) is 2.79. The summed E-state index contributed by atoms with van der Waals surface area (Å²) < 4.78 is 0. The van der Waals surface area contributed by atoms with Gasteiger partial charge in [-0.3, -0.25) is 4.90 Å². The van der Waals surface area contributed by atoms with Gasteiger partial charge in [-0.2, -0.15) is 0 Å². The average molecular weight is 214 g/mol. The molecule has 0 aliphatic rings. The summed E-state index contributed by atoms with van der Waals surface area (Å²) in [6.45, 7) is 13.9. The van der Waals surface area contributed by atoms with Crippen molar-refractivity contribution >= 4 is 0 Å². The molecule has 0 aromatic heterocycles. The largest absolute Gasteiger partial charge is 0.315 e. The van der Waals surface area contributed by atoms with Crippen molar-refractivity contribution in [3.05, 3.63) is 0 Å². The van der Waals surface area contributed by atoms with Crippen LogP contribution in [0.4, 0.5) is 0 Å². The van der Waals surface area contributed by atoms with Gasteiger partial charge >= 0.3 is 0 Å². The maximum Gasteiger partial charge on any atom is 0.0192 e. The molecule has 0 saturated heterocycles. The zero-order chi connectivity index (χ0) is 11.5. The van der Waals surface area contributed by atoms with E-state index in [4.69, 9.17) is 0 Å². The molecule has 0 rings (SSSR count). The van der Waals surface area contributed by atoms with Gasteiger partial charge in [-0.05, 0) is 45.8 Å². The summed E-state index contributed by atoms with van der Waals surface area (Å²) in [5.74, 6) is 0. The van der Waals surface area contributed by atoms with Gasteiger partial charge in [-0.25, -0.2) is 0 Å². The van der Waals surface area contributed by atoms with E-state index in [0.29, 0.717) is 6.04 Å². The topological polar surface area (TPSA) is 15.3 Å². The molecular formula is C13H30N2. The molecule has 0 aliphatic carbocycles. The maximum absolute atomic E-state index is 3.54. The minimum atomic E-state index is 0.682. The second-order valence-electron chi connectivity index (χ2n) is 4.44. The minimum Gasteiger partial charge on any atom is -0.315 e. The van der Waals surface area contributed by atoms with Gasteiger partial charge in [0.25, 0.3) is 0 Å². The zero-order valence-corrected chi connectivity index (χ0v) is 11.2. The lowest BCUT2D eigenvalue weighted by molar-refractivity contribution is 0.205. The van der Waals surface area contributed by atoms with Crippen molar-refractivity contribution in [2.75, 3.05) is 26.2 Å². The molecule has 1 N–H and O–H groups in total. The van der Waals surface area contributed by atoms with E-state index in [2.05, 4.69) is 37.9 Å². The molecule has 92 valence electrons. The van der Waals surface area contributed by atoms with Crippen LogP contribution in [-0.2, 0) is 0 Å². The Morgan fingerprint density at radius 2 is 1.60 bits per heavy atom. The first kappa shape index (κ1) is 14.9. The molecule has 0 heterocycles. The van der Waals surface area contributed by atoms with Crippen LogP contribution in [0.15, 0.2) is 0 Å². The summed E-state index contributed by atoms with van der Waals surface area (Å²) in [5.41, 5.74) is 0. The molecule has 1 unspecified atom stereocenters. The monoisotopic (exact) mass is 214 g/mol. The zero-order valence-electron chi connectivity index (χ0n) is 11.2. The van der Waals surface area contributed by atoms with Gasteiger partial charge in [0.1, 0.15) is 0 Å². The van der Waals surface area contributed by atoms with Gasteiger partial charge in [-0.15, -0.1) is 0 Å². The predicted octanol–water partition coefficient (Wildman–Crippen LogP) is 2.89. The SMILES string of the molecule is CCCCNCC(C)N(CCC)CCC. The first-order valence-corrected chi connectivity index (χ1v) is 6.70. The molecule has 1 atom stereocenters. The van der Waals surface area contributed by atoms with E-state index >= 15 is 0 Å². The lowest BCUT2D eigenvalue weighted by atomic mass is 10.2. The Bertz CT molecular complexity index is 120. The van der Waals surface area contributed by atoms with E-state index in [-0.39, 0.29) is 0 Å². The summed E-state index contributed by atoms with van der Waals surface area (Å²) in [6, 6.07) is 0.682. The molecule has 2 heteroatoms. The van der Waals surface area contributed by atoms with Gasteiger partial charge in [0, 0.05) is 12.6 Å². The summed E-state index contributed by atoms with van der Waals surface area (Å²) in [7, 11) is 0. The quantitative estimate of drug-likeness (QED) is 0.563. The molecule has 0 aromatic rings. The van der Waals surface area contributed by atoms with E-state index in [0.717, 1.165) is 6.54 Å². The van der Waals surface area contributed by atoms with Crippen LogP contribution in [0.25, 0.3) is 0 Å². The van der Waals surface area contributed by atoms with E-state index in [1.807, 2.05) is 0 Å². The Balaban J connectivity index is 3.65. The summed E-state index contributed by atoms with van der Waals surface area (Å²) in [5, 5.41) is 3.54. The Kier molecular flexibility index (Phi) is 10.4. The highest BCUT2D eigenvalue weighted by Crippen LogP contribution is 2.01. The van der Waals surface area contributed by atoms with Crippen LogP contribution in [-0.4, -0.2) is 37.1 Å². The van der Waals surface area contributed by atoms with Crippen LogP contribution >= 0.6 is 0 Å². The van der Waals surface area contributed by atoms with E-state index in [1.54, 1.807) is 0 Å². The average Bonchev–Trinajstić information content (AvgIpc) is 2.24. The molecule has 15 heavy (non-hydrogen) atoms. The molecule has 0 spiro atoms. The Labute approximate surface area is 96.4 Å². The van der Waals surface area contributed by atoms with Crippen LogP contribution < -0.4 is 5.32 Å². The fourth-order valence-corrected chi connectivity index (χ4v) is 1.87. The highest BCUT2D eigenvalue weighted by Gasteiger charge is 2.10. The fraction of sp³-hybridized carbons (Fsp3) is 1.00. The second kappa shape index (κ2) is 10.4. The van der Waals surface area contributed by atoms with Crippen LogP contribution in [0.3, 0.4) is 0 Å².